The Morgan fingerprint density at radius 1 is 1.30 bits per heavy atom. The van der Waals surface area contributed by atoms with Gasteiger partial charge in [0.1, 0.15) is 4.90 Å². The lowest BCUT2D eigenvalue weighted by atomic mass is 9.96. The number of fused-ring (bicyclic) bond motifs is 1. The van der Waals surface area contributed by atoms with Crippen molar-refractivity contribution in [3.8, 4) is 0 Å². The van der Waals surface area contributed by atoms with E-state index in [2.05, 4.69) is 0 Å². The van der Waals surface area contributed by atoms with E-state index in [-0.39, 0.29) is 0 Å². The summed E-state index contributed by atoms with van der Waals surface area (Å²) < 4.78 is 30.2. The Labute approximate surface area is 138 Å². The number of hydrogen-bond acceptors (Lipinski definition) is 3. The maximum atomic E-state index is 13.3. The summed E-state index contributed by atoms with van der Waals surface area (Å²) in [5.74, 6) is 0.374. The monoisotopic (exact) mass is 335 g/mol. The van der Waals surface area contributed by atoms with E-state index >= 15 is 0 Å². The number of benzene rings is 1. The summed E-state index contributed by atoms with van der Waals surface area (Å²) >= 11 is 0. The lowest BCUT2D eigenvalue weighted by Crippen LogP contribution is -2.40. The van der Waals surface area contributed by atoms with Gasteiger partial charge in [-0.3, -0.25) is 0 Å². The number of nitrogens with two attached hydrogens (primary N) is 1. The van der Waals surface area contributed by atoms with Crippen LogP contribution in [0.5, 0.6) is 0 Å². The summed E-state index contributed by atoms with van der Waals surface area (Å²) in [4.78, 5) is 0.462. The van der Waals surface area contributed by atoms with Crippen LogP contribution < -0.4 is 5.73 Å². The van der Waals surface area contributed by atoms with Gasteiger partial charge in [0.25, 0.3) is 0 Å². The molecule has 1 fully saturated rings. The number of piperidine rings is 1. The van der Waals surface area contributed by atoms with Gasteiger partial charge in [-0.25, -0.2) is 8.42 Å². The largest absolute Gasteiger partial charge is 0.347 e. The maximum absolute atomic E-state index is 13.3. The molecule has 0 amide bonds. The van der Waals surface area contributed by atoms with Crippen molar-refractivity contribution in [2.75, 3.05) is 19.6 Å². The first kappa shape index (κ1) is 16.5. The van der Waals surface area contributed by atoms with Crippen molar-refractivity contribution in [1.82, 2.24) is 8.87 Å². The van der Waals surface area contributed by atoms with E-state index in [9.17, 15) is 8.42 Å². The molecule has 0 saturated carbocycles. The van der Waals surface area contributed by atoms with Gasteiger partial charge in [-0.15, -0.1) is 0 Å². The van der Waals surface area contributed by atoms with E-state index in [1.165, 1.54) is 0 Å². The van der Waals surface area contributed by atoms with Crippen LogP contribution >= 0.6 is 0 Å². The topological polar surface area (TPSA) is 68.3 Å². The zero-order chi connectivity index (χ0) is 16.6. The van der Waals surface area contributed by atoms with E-state index in [1.807, 2.05) is 42.8 Å². The molecule has 0 aliphatic carbocycles. The molecule has 1 atom stereocenters. The van der Waals surface area contributed by atoms with E-state index < -0.39 is 10.0 Å². The number of para-hydroxylation sites is 1. The van der Waals surface area contributed by atoms with Crippen molar-refractivity contribution < 1.29 is 8.42 Å². The molecule has 126 valence electrons. The highest BCUT2D eigenvalue weighted by atomic mass is 32.2. The van der Waals surface area contributed by atoms with Crippen LogP contribution in [0.15, 0.2) is 29.2 Å². The number of aromatic nitrogens is 1. The molecule has 6 heteroatoms. The van der Waals surface area contributed by atoms with E-state index in [1.54, 1.807) is 4.31 Å². The van der Waals surface area contributed by atoms with Gasteiger partial charge in [-0.2, -0.15) is 4.31 Å². The van der Waals surface area contributed by atoms with E-state index in [0.717, 1.165) is 35.9 Å². The molecule has 1 aliphatic heterocycles. The molecule has 0 spiro atoms. The summed E-state index contributed by atoms with van der Waals surface area (Å²) in [7, 11) is -1.56. The highest BCUT2D eigenvalue weighted by molar-refractivity contribution is 7.89. The lowest BCUT2D eigenvalue weighted by Gasteiger charge is -2.31. The quantitative estimate of drug-likeness (QED) is 0.931. The van der Waals surface area contributed by atoms with Gasteiger partial charge >= 0.3 is 0 Å². The zero-order valence-electron chi connectivity index (χ0n) is 13.8. The SMILES string of the molecule is Cc1c(S(=O)(=O)N2CCCC(CCN)C2)c2ccccc2n1C. The second-order valence-corrected chi connectivity index (χ2v) is 8.31. The van der Waals surface area contributed by atoms with Gasteiger partial charge in [-0.05, 0) is 44.7 Å². The molecule has 1 aromatic carbocycles. The van der Waals surface area contributed by atoms with Crippen LogP contribution in [-0.4, -0.2) is 36.9 Å². The summed E-state index contributed by atoms with van der Waals surface area (Å²) in [6.45, 7) is 3.69. The fraction of sp³-hybridized carbons (Fsp3) is 0.529. The van der Waals surface area contributed by atoms with Crippen LogP contribution in [0.3, 0.4) is 0 Å². The van der Waals surface area contributed by atoms with Crippen molar-refractivity contribution >= 4 is 20.9 Å². The van der Waals surface area contributed by atoms with Gasteiger partial charge in [0.15, 0.2) is 0 Å². The summed E-state index contributed by atoms with van der Waals surface area (Å²) in [6, 6.07) is 7.70. The summed E-state index contributed by atoms with van der Waals surface area (Å²) in [5, 5.41) is 0.813. The molecule has 2 heterocycles. The number of aryl methyl sites for hydroxylation is 1. The molecule has 0 radical (unpaired) electrons. The predicted octanol–water partition coefficient (Wildman–Crippen LogP) is 2.24. The van der Waals surface area contributed by atoms with Crippen LogP contribution in [0.25, 0.3) is 10.9 Å². The molecule has 1 saturated heterocycles. The minimum absolute atomic E-state index is 0.374. The minimum atomic E-state index is -3.48. The normalized spacial score (nSPS) is 20.2. The first-order chi connectivity index (χ1) is 11.0. The predicted molar refractivity (Wildman–Crippen MR) is 92.8 cm³/mol. The first-order valence-corrected chi connectivity index (χ1v) is 9.65. The maximum Gasteiger partial charge on any atom is 0.245 e. The molecular formula is C17H25N3O2S. The van der Waals surface area contributed by atoms with Gasteiger partial charge in [0.2, 0.25) is 10.0 Å². The van der Waals surface area contributed by atoms with Crippen LogP contribution in [0.4, 0.5) is 0 Å². The second kappa shape index (κ2) is 6.26. The van der Waals surface area contributed by atoms with Crippen LogP contribution in [0, 0.1) is 12.8 Å². The van der Waals surface area contributed by atoms with Crippen molar-refractivity contribution in [2.45, 2.75) is 31.1 Å². The molecule has 1 unspecified atom stereocenters. The van der Waals surface area contributed by atoms with Gasteiger partial charge < -0.3 is 10.3 Å². The van der Waals surface area contributed by atoms with Crippen molar-refractivity contribution in [1.29, 1.82) is 0 Å². The second-order valence-electron chi connectivity index (χ2n) is 6.44. The minimum Gasteiger partial charge on any atom is -0.347 e. The summed E-state index contributed by atoms with van der Waals surface area (Å²) in [6.07, 6.45) is 2.87. The Bertz CT molecular complexity index is 809. The fourth-order valence-corrected chi connectivity index (χ4v) is 5.65. The molecule has 3 rings (SSSR count). The number of rotatable bonds is 4. The van der Waals surface area contributed by atoms with Crippen LogP contribution in [0.1, 0.15) is 25.0 Å². The lowest BCUT2D eigenvalue weighted by molar-refractivity contribution is 0.258. The third-order valence-corrected chi connectivity index (χ3v) is 7.04. The summed E-state index contributed by atoms with van der Waals surface area (Å²) in [5.41, 5.74) is 7.41. The third kappa shape index (κ3) is 2.79. The van der Waals surface area contributed by atoms with Gasteiger partial charge in [-0.1, -0.05) is 18.2 Å². The van der Waals surface area contributed by atoms with Crippen molar-refractivity contribution in [2.24, 2.45) is 18.7 Å². The van der Waals surface area contributed by atoms with Gasteiger partial charge in [0, 0.05) is 36.7 Å². The molecule has 5 nitrogen and oxygen atoms in total. The number of nitrogens with zero attached hydrogens (tertiary/aromatic N) is 2. The third-order valence-electron chi connectivity index (χ3n) is 5.00. The molecule has 2 aromatic rings. The molecule has 1 aromatic heterocycles. The Morgan fingerprint density at radius 2 is 2.04 bits per heavy atom. The Balaban J connectivity index is 2.05. The fourth-order valence-electron chi connectivity index (χ4n) is 3.66. The molecule has 23 heavy (non-hydrogen) atoms. The van der Waals surface area contributed by atoms with Crippen LogP contribution in [0.2, 0.25) is 0 Å². The first-order valence-electron chi connectivity index (χ1n) is 8.21. The molecule has 0 bridgehead atoms. The molecule has 2 N–H and O–H groups in total. The smallest absolute Gasteiger partial charge is 0.245 e. The van der Waals surface area contributed by atoms with E-state index in [0.29, 0.717) is 30.4 Å². The Hall–Kier alpha value is -1.37. The van der Waals surface area contributed by atoms with Crippen molar-refractivity contribution in [3.05, 3.63) is 30.0 Å². The standard InChI is InChI=1S/C17H25N3O2S/c1-13-17(15-7-3-4-8-16(15)19(13)2)23(21,22)20-11-5-6-14(12-20)9-10-18/h3-4,7-8,14H,5-6,9-12,18H2,1-2H3. The Morgan fingerprint density at radius 3 is 2.78 bits per heavy atom. The number of sulfonamides is 1. The molecular weight excluding hydrogens is 310 g/mol. The number of hydrogen-bond donors (Lipinski definition) is 1. The highest BCUT2D eigenvalue weighted by Crippen LogP contribution is 2.33. The highest BCUT2D eigenvalue weighted by Gasteiger charge is 2.33. The zero-order valence-corrected chi connectivity index (χ0v) is 14.6. The molecule has 1 aliphatic rings. The van der Waals surface area contributed by atoms with Crippen LogP contribution in [-0.2, 0) is 17.1 Å². The average molecular weight is 335 g/mol. The average Bonchev–Trinajstić information content (AvgIpc) is 2.80. The van der Waals surface area contributed by atoms with E-state index in [4.69, 9.17) is 5.73 Å². The van der Waals surface area contributed by atoms with Crippen molar-refractivity contribution in [3.63, 3.8) is 0 Å². The Kier molecular flexibility index (Phi) is 4.49. The van der Waals surface area contributed by atoms with Gasteiger partial charge in [0.05, 0.1) is 0 Å².